The van der Waals surface area contributed by atoms with Gasteiger partial charge in [-0.15, -0.1) is 47.5 Å². The molecular formula is C37H32IrN4SSi-2. The van der Waals surface area contributed by atoms with E-state index in [1.54, 1.807) is 17.5 Å². The van der Waals surface area contributed by atoms with Crippen LogP contribution in [-0.2, 0) is 20.1 Å². The molecule has 5 aromatic heterocycles. The van der Waals surface area contributed by atoms with Crippen molar-refractivity contribution >= 4 is 44.9 Å². The smallest absolute Gasteiger partial charge is 0.0803 e. The number of aromatic nitrogens is 4. The Bertz CT molecular complexity index is 1990. The van der Waals surface area contributed by atoms with Crippen LogP contribution in [0.2, 0.25) is 19.6 Å². The van der Waals surface area contributed by atoms with E-state index in [0.29, 0.717) is 0 Å². The quantitative estimate of drug-likeness (QED) is 0.132. The maximum Gasteiger partial charge on any atom is 0.0803 e. The molecule has 5 heterocycles. The van der Waals surface area contributed by atoms with Crippen molar-refractivity contribution in [2.24, 2.45) is 0 Å². The van der Waals surface area contributed by atoms with Crippen molar-refractivity contribution < 1.29 is 20.1 Å². The minimum atomic E-state index is -1.56. The molecule has 7 rings (SSSR count). The summed E-state index contributed by atoms with van der Waals surface area (Å²) in [4.78, 5) is 19.4. The largest absolute Gasteiger partial charge is 0.341 e. The number of hydrogen-bond acceptors (Lipinski definition) is 5. The Hall–Kier alpha value is -3.87. The summed E-state index contributed by atoms with van der Waals surface area (Å²) < 4.78 is 1.20. The zero-order valence-corrected chi connectivity index (χ0v) is 29.6. The number of benzene rings is 2. The van der Waals surface area contributed by atoms with Gasteiger partial charge < -0.3 is 15.0 Å². The van der Waals surface area contributed by atoms with Crippen molar-refractivity contribution in [3.63, 3.8) is 0 Å². The van der Waals surface area contributed by atoms with E-state index in [-0.39, 0.29) is 20.1 Å². The molecule has 7 heteroatoms. The fourth-order valence-corrected chi connectivity index (χ4v) is 7.70. The molecule has 0 aliphatic carbocycles. The van der Waals surface area contributed by atoms with Crippen molar-refractivity contribution in [1.82, 2.24) is 19.9 Å². The van der Waals surface area contributed by atoms with Crippen LogP contribution in [0.25, 0.3) is 53.9 Å². The Labute approximate surface area is 277 Å². The monoisotopic (exact) mass is 785 g/mol. The zero-order valence-electron chi connectivity index (χ0n) is 25.3. The first-order valence-corrected chi connectivity index (χ1v) is 18.6. The van der Waals surface area contributed by atoms with E-state index in [0.717, 1.165) is 44.1 Å². The average Bonchev–Trinajstić information content (AvgIpc) is 3.40. The maximum absolute atomic E-state index is 4.86. The molecule has 7 aromatic rings. The van der Waals surface area contributed by atoms with Crippen LogP contribution in [0, 0.1) is 26.1 Å². The number of fused-ring (bicyclic) bond motifs is 3. The second-order valence-corrected chi connectivity index (χ2v) is 17.6. The number of nitrogens with zero attached hydrogens (tertiary/aromatic N) is 4. The van der Waals surface area contributed by atoms with Crippen molar-refractivity contribution in [3.8, 4) is 33.6 Å². The first-order chi connectivity index (χ1) is 20.8. The number of rotatable bonds is 4. The molecule has 0 saturated heterocycles. The predicted octanol–water partition coefficient (Wildman–Crippen LogP) is 9.08. The molecule has 0 aliphatic rings. The second kappa shape index (κ2) is 13.4. The molecule has 44 heavy (non-hydrogen) atoms. The third-order valence-corrected chi connectivity index (χ3v) is 10.5. The van der Waals surface area contributed by atoms with Crippen LogP contribution in [-0.4, -0.2) is 28.0 Å². The summed E-state index contributed by atoms with van der Waals surface area (Å²) in [6.45, 7) is 11.2. The van der Waals surface area contributed by atoms with E-state index in [4.69, 9.17) is 4.98 Å². The SMILES string of the molecule is Cc1cc2c(sc3n[c-]c(-c4cc(-c5ccccc5)c([Si](C)(C)C)cn4)cc32)c(C)n1.[Ir].[c-]1ccccc1-c1ccccn1. The fraction of sp³-hybridized carbons (Fsp3) is 0.135. The molecule has 0 saturated carbocycles. The molecule has 0 spiro atoms. The molecule has 0 fully saturated rings. The van der Waals surface area contributed by atoms with Gasteiger partial charge in [-0.3, -0.25) is 4.98 Å². The van der Waals surface area contributed by atoms with Gasteiger partial charge in [0, 0.05) is 47.7 Å². The molecule has 4 nitrogen and oxygen atoms in total. The van der Waals surface area contributed by atoms with Gasteiger partial charge in [0.15, 0.2) is 0 Å². The van der Waals surface area contributed by atoms with Gasteiger partial charge in [0.1, 0.15) is 0 Å². The van der Waals surface area contributed by atoms with E-state index in [2.05, 4.69) is 109 Å². The molecule has 0 atom stereocenters. The second-order valence-electron chi connectivity index (χ2n) is 11.6. The van der Waals surface area contributed by atoms with E-state index < -0.39 is 8.07 Å². The molecule has 0 aliphatic heterocycles. The number of hydrogen-bond donors (Lipinski definition) is 0. The Balaban J connectivity index is 0.000000248. The third kappa shape index (κ3) is 6.77. The Morgan fingerprint density at radius 2 is 1.52 bits per heavy atom. The fourth-order valence-electron chi connectivity index (χ4n) is 5.19. The number of thiophene rings is 1. The summed E-state index contributed by atoms with van der Waals surface area (Å²) in [5, 5.41) is 3.74. The molecule has 1 radical (unpaired) electrons. The van der Waals surface area contributed by atoms with E-state index in [1.165, 1.54) is 26.4 Å². The average molecular weight is 785 g/mol. The summed E-state index contributed by atoms with van der Waals surface area (Å²) in [5.41, 5.74) is 8.44. The molecular weight excluding hydrogens is 753 g/mol. The van der Waals surface area contributed by atoms with E-state index in [9.17, 15) is 0 Å². The minimum Gasteiger partial charge on any atom is -0.341 e. The summed E-state index contributed by atoms with van der Waals surface area (Å²) in [6, 6.07) is 34.0. The first kappa shape index (κ1) is 31.5. The van der Waals surface area contributed by atoms with Crippen LogP contribution in [0.5, 0.6) is 0 Å². The van der Waals surface area contributed by atoms with Crippen LogP contribution >= 0.6 is 11.3 Å². The van der Waals surface area contributed by atoms with Crippen LogP contribution in [0.1, 0.15) is 11.4 Å². The van der Waals surface area contributed by atoms with Gasteiger partial charge in [0.25, 0.3) is 0 Å². The summed E-state index contributed by atoms with van der Waals surface area (Å²) in [5.74, 6) is 0. The summed E-state index contributed by atoms with van der Waals surface area (Å²) in [7, 11) is -1.56. The molecule has 0 amide bonds. The molecule has 0 bridgehead atoms. The van der Waals surface area contributed by atoms with Gasteiger partial charge in [-0.2, -0.15) is 11.3 Å². The zero-order chi connectivity index (χ0) is 30.0. The van der Waals surface area contributed by atoms with Crippen LogP contribution in [0.4, 0.5) is 0 Å². The van der Waals surface area contributed by atoms with E-state index in [1.807, 2.05) is 49.4 Å². The Kier molecular flexibility index (Phi) is 9.61. The number of aryl methyl sites for hydroxylation is 2. The maximum atomic E-state index is 4.86. The van der Waals surface area contributed by atoms with Crippen LogP contribution < -0.4 is 5.19 Å². The van der Waals surface area contributed by atoms with Gasteiger partial charge in [0.05, 0.1) is 13.8 Å². The Morgan fingerprint density at radius 1 is 0.750 bits per heavy atom. The van der Waals surface area contributed by atoms with Crippen LogP contribution in [0.15, 0.2) is 103 Å². The molecule has 221 valence electrons. The summed E-state index contributed by atoms with van der Waals surface area (Å²) in [6.07, 6.45) is 7.11. The topological polar surface area (TPSA) is 51.6 Å². The first-order valence-electron chi connectivity index (χ1n) is 14.3. The normalized spacial score (nSPS) is 11.1. The van der Waals surface area contributed by atoms with Gasteiger partial charge >= 0.3 is 0 Å². The van der Waals surface area contributed by atoms with Gasteiger partial charge in [-0.1, -0.05) is 73.6 Å². The van der Waals surface area contributed by atoms with Crippen LogP contribution in [0.3, 0.4) is 0 Å². The van der Waals surface area contributed by atoms with E-state index >= 15 is 0 Å². The minimum absolute atomic E-state index is 0. The molecule has 0 unspecified atom stereocenters. The van der Waals surface area contributed by atoms with Crippen molar-refractivity contribution in [1.29, 1.82) is 0 Å². The summed E-state index contributed by atoms with van der Waals surface area (Å²) >= 11 is 1.69. The number of pyridine rings is 4. The third-order valence-electron chi connectivity index (χ3n) is 7.28. The van der Waals surface area contributed by atoms with Gasteiger partial charge in [-0.05, 0) is 65.3 Å². The van der Waals surface area contributed by atoms with Crippen molar-refractivity contribution in [3.05, 3.63) is 127 Å². The van der Waals surface area contributed by atoms with Crippen molar-refractivity contribution in [2.75, 3.05) is 0 Å². The van der Waals surface area contributed by atoms with Gasteiger partial charge in [-0.25, -0.2) is 0 Å². The standard InChI is InChI=1S/C26H24N3SSi.C11H8N.Ir/c1-16-11-21-22-12-19(14-28-26(22)30-25(21)17(2)29-16)23-13-20(18-9-7-6-8-10-18)24(15-27-23)31(3,4)5;1-2-6-10(7-3-1)11-8-4-5-9-12-11;/h6-13,15H,1-5H3;1-6,8-9H;/q2*-1;. The Morgan fingerprint density at radius 3 is 2.23 bits per heavy atom. The predicted molar refractivity (Wildman–Crippen MR) is 183 cm³/mol. The molecule has 2 aromatic carbocycles. The molecule has 0 N–H and O–H groups in total. The van der Waals surface area contributed by atoms with Gasteiger partial charge in [0.2, 0.25) is 0 Å². The van der Waals surface area contributed by atoms with Crippen molar-refractivity contribution in [2.45, 2.75) is 33.5 Å².